The molecule has 0 aromatic heterocycles. The second-order valence-electron chi connectivity index (χ2n) is 10.6. The Morgan fingerprint density at radius 3 is 1.03 bits per heavy atom. The second-order valence-corrected chi connectivity index (χ2v) is 11.6. The van der Waals surface area contributed by atoms with E-state index in [0.717, 1.165) is 25.7 Å². The fourth-order valence-corrected chi connectivity index (χ4v) is 5.22. The van der Waals surface area contributed by atoms with Crippen LogP contribution in [0.4, 0.5) is 0 Å². The molecule has 0 N–H and O–H groups in total. The zero-order valence-electron chi connectivity index (χ0n) is 24.0. The fraction of sp³-hybridized carbons (Fsp3) is 1.00. The van der Waals surface area contributed by atoms with Crippen molar-refractivity contribution in [2.75, 3.05) is 6.61 Å². The molecule has 0 radical (unpaired) electrons. The van der Waals surface area contributed by atoms with Gasteiger partial charge in [0.1, 0.15) is 0 Å². The summed E-state index contributed by atoms with van der Waals surface area (Å²) in [6.45, 7) is 4.57. The molecule has 0 rings (SSSR count). The summed E-state index contributed by atoms with van der Waals surface area (Å²) in [5.74, 6) is 0.200. The van der Waals surface area contributed by atoms with Gasteiger partial charge in [-0.1, -0.05) is 162 Å². The molecule has 0 saturated carbocycles. The molecule has 0 bridgehead atoms. The fourth-order valence-electron chi connectivity index (χ4n) is 4.86. The molecule has 1 atom stereocenters. The van der Waals surface area contributed by atoms with Gasteiger partial charge in [-0.3, -0.25) is 4.18 Å². The van der Waals surface area contributed by atoms with Gasteiger partial charge in [-0.05, 0) is 18.8 Å². The minimum atomic E-state index is -4.57. The number of rotatable bonds is 28. The Balaban J connectivity index is 0. The van der Waals surface area contributed by atoms with Crippen LogP contribution in [-0.2, 0) is 14.6 Å². The maximum absolute atomic E-state index is 10.8. The maximum Gasteiger partial charge on any atom is 1.00 e. The Morgan fingerprint density at radius 2 is 0.771 bits per heavy atom. The summed E-state index contributed by atoms with van der Waals surface area (Å²) in [5.41, 5.74) is 0. The molecule has 0 aromatic carbocycles. The van der Waals surface area contributed by atoms with Gasteiger partial charge in [0.2, 0.25) is 10.4 Å². The van der Waals surface area contributed by atoms with Gasteiger partial charge in [0.25, 0.3) is 0 Å². The molecule has 0 aliphatic carbocycles. The Kier molecular flexibility index (Phi) is 33.2. The summed E-state index contributed by atoms with van der Waals surface area (Å²) in [7, 11) is -4.57. The number of unbranched alkanes of at least 4 members (excludes halogenated alkanes) is 21. The molecule has 0 amide bonds. The Bertz CT molecular complexity index is 499. The molecular formula is C29H59KO4S. The molecule has 0 aliphatic heterocycles. The van der Waals surface area contributed by atoms with E-state index < -0.39 is 10.4 Å². The Labute approximate surface area is 263 Å². The van der Waals surface area contributed by atoms with Gasteiger partial charge in [-0.2, -0.15) is 0 Å². The van der Waals surface area contributed by atoms with Crippen molar-refractivity contribution in [1.29, 1.82) is 0 Å². The summed E-state index contributed by atoms with van der Waals surface area (Å²) >= 11 is 0. The molecule has 0 spiro atoms. The predicted molar refractivity (Wildman–Crippen MR) is 146 cm³/mol. The SMILES string of the molecule is CCCCCCCCCCCCCCCCCCCC(CCCCCCCC)COS(=O)(=O)[O-].[K+]. The standard InChI is InChI=1S/C29H60O4S.K/c1-3-5-7-9-11-12-13-14-15-16-17-18-19-20-21-23-25-27-29(28-33-34(30,31)32)26-24-22-10-8-6-4-2;/h29H,3-28H2,1-2H3,(H,30,31,32);/q;+1/p-1. The predicted octanol–water partition coefficient (Wildman–Crippen LogP) is 6.88. The largest absolute Gasteiger partial charge is 1.00 e. The molecule has 0 aromatic rings. The first-order valence-electron chi connectivity index (χ1n) is 15.1. The molecule has 0 aliphatic rings. The third-order valence-electron chi connectivity index (χ3n) is 7.13. The van der Waals surface area contributed by atoms with Crippen LogP contribution in [0.2, 0.25) is 0 Å². The molecular weight excluding hydrogens is 483 g/mol. The van der Waals surface area contributed by atoms with E-state index in [9.17, 15) is 13.0 Å². The first-order chi connectivity index (χ1) is 16.5. The Morgan fingerprint density at radius 1 is 0.514 bits per heavy atom. The van der Waals surface area contributed by atoms with E-state index in [4.69, 9.17) is 0 Å². The van der Waals surface area contributed by atoms with Crippen LogP contribution in [-0.4, -0.2) is 19.6 Å². The number of hydrogen-bond donors (Lipinski definition) is 0. The average molecular weight is 543 g/mol. The van der Waals surface area contributed by atoms with Crippen LogP contribution in [0.5, 0.6) is 0 Å². The third kappa shape index (κ3) is 33.5. The van der Waals surface area contributed by atoms with E-state index in [-0.39, 0.29) is 63.9 Å². The number of hydrogen-bond acceptors (Lipinski definition) is 4. The minimum absolute atomic E-state index is 0. The maximum atomic E-state index is 10.8. The summed E-state index contributed by atoms with van der Waals surface area (Å²) in [6.07, 6.45) is 32.5. The van der Waals surface area contributed by atoms with E-state index in [2.05, 4.69) is 18.0 Å². The van der Waals surface area contributed by atoms with Gasteiger partial charge in [-0.25, -0.2) is 8.42 Å². The molecule has 6 heteroatoms. The quantitative estimate of drug-likeness (QED) is 0.0468. The summed E-state index contributed by atoms with van der Waals surface area (Å²) in [5, 5.41) is 0. The smallest absolute Gasteiger partial charge is 0.726 e. The van der Waals surface area contributed by atoms with Crippen LogP contribution >= 0.6 is 0 Å². The van der Waals surface area contributed by atoms with Crippen LogP contribution in [0.25, 0.3) is 0 Å². The van der Waals surface area contributed by atoms with Crippen molar-refractivity contribution in [2.24, 2.45) is 5.92 Å². The van der Waals surface area contributed by atoms with Gasteiger partial charge in [0.15, 0.2) is 0 Å². The monoisotopic (exact) mass is 542 g/mol. The van der Waals surface area contributed by atoms with Crippen LogP contribution in [0.1, 0.15) is 174 Å². The molecule has 0 heterocycles. The Hall–Kier alpha value is 1.51. The summed E-state index contributed by atoms with van der Waals surface area (Å²) in [6, 6.07) is 0. The van der Waals surface area contributed by atoms with Crippen LogP contribution < -0.4 is 51.4 Å². The van der Waals surface area contributed by atoms with Crippen molar-refractivity contribution in [1.82, 2.24) is 0 Å². The van der Waals surface area contributed by atoms with Gasteiger partial charge in [0.05, 0.1) is 6.61 Å². The van der Waals surface area contributed by atoms with E-state index >= 15 is 0 Å². The van der Waals surface area contributed by atoms with E-state index in [1.54, 1.807) is 0 Å². The zero-order valence-corrected chi connectivity index (χ0v) is 27.9. The molecule has 4 nitrogen and oxygen atoms in total. The van der Waals surface area contributed by atoms with Crippen molar-refractivity contribution < 1.29 is 68.5 Å². The normalized spacial score (nSPS) is 12.5. The minimum Gasteiger partial charge on any atom is -0.726 e. The topological polar surface area (TPSA) is 66.4 Å². The van der Waals surface area contributed by atoms with Crippen LogP contribution in [0.3, 0.4) is 0 Å². The van der Waals surface area contributed by atoms with E-state index in [1.165, 1.54) is 135 Å². The molecule has 0 saturated heterocycles. The van der Waals surface area contributed by atoms with Crippen LogP contribution in [0, 0.1) is 5.92 Å². The zero-order chi connectivity index (χ0) is 25.2. The van der Waals surface area contributed by atoms with Crippen molar-refractivity contribution >= 4 is 10.4 Å². The summed E-state index contributed by atoms with van der Waals surface area (Å²) in [4.78, 5) is 0. The van der Waals surface area contributed by atoms with Gasteiger partial charge >= 0.3 is 51.4 Å². The van der Waals surface area contributed by atoms with E-state index in [1.807, 2.05) is 0 Å². The van der Waals surface area contributed by atoms with Crippen LogP contribution in [0.15, 0.2) is 0 Å². The first kappa shape index (κ1) is 38.7. The molecule has 0 fully saturated rings. The molecule has 35 heavy (non-hydrogen) atoms. The van der Waals surface area contributed by atoms with Gasteiger partial charge in [0, 0.05) is 0 Å². The van der Waals surface area contributed by atoms with Crippen molar-refractivity contribution in [3.8, 4) is 0 Å². The molecule has 206 valence electrons. The first-order valence-corrected chi connectivity index (χ1v) is 16.4. The van der Waals surface area contributed by atoms with Gasteiger partial charge < -0.3 is 4.55 Å². The third-order valence-corrected chi connectivity index (χ3v) is 7.55. The van der Waals surface area contributed by atoms with Gasteiger partial charge in [-0.15, -0.1) is 0 Å². The molecule has 1 unspecified atom stereocenters. The van der Waals surface area contributed by atoms with Crippen molar-refractivity contribution in [2.45, 2.75) is 174 Å². The van der Waals surface area contributed by atoms with E-state index in [0.29, 0.717) is 0 Å². The summed E-state index contributed by atoms with van der Waals surface area (Å²) < 4.78 is 37.1. The average Bonchev–Trinajstić information content (AvgIpc) is 2.80. The second kappa shape index (κ2) is 30.1. The van der Waals surface area contributed by atoms with Crippen molar-refractivity contribution in [3.05, 3.63) is 0 Å². The van der Waals surface area contributed by atoms with Crippen molar-refractivity contribution in [3.63, 3.8) is 0 Å².